The normalized spacial score (nSPS) is 13.8. The summed E-state index contributed by atoms with van der Waals surface area (Å²) in [5.41, 5.74) is 3.29. The lowest BCUT2D eigenvalue weighted by Gasteiger charge is -2.15. The lowest BCUT2D eigenvalue weighted by atomic mass is 9.89. The van der Waals surface area contributed by atoms with E-state index >= 15 is 0 Å². The predicted octanol–water partition coefficient (Wildman–Crippen LogP) is 6.22. The number of carbonyl (C=O) groups excluding carboxylic acids is 1. The number of hydrogen-bond donors (Lipinski definition) is 0. The van der Waals surface area contributed by atoms with Crippen molar-refractivity contribution in [3.05, 3.63) is 96.1 Å². The molecule has 4 heteroatoms. The Labute approximate surface area is 200 Å². The Balaban J connectivity index is 1.45. The minimum Gasteiger partial charge on any atom is -0.497 e. The highest BCUT2D eigenvalue weighted by atomic mass is 16.5. The zero-order valence-electron chi connectivity index (χ0n) is 19.5. The van der Waals surface area contributed by atoms with E-state index < -0.39 is 0 Å². The third kappa shape index (κ3) is 4.68. The van der Waals surface area contributed by atoms with Crippen LogP contribution in [0.4, 0.5) is 0 Å². The Morgan fingerprint density at radius 2 is 1.59 bits per heavy atom. The molecule has 0 N–H and O–H groups in total. The summed E-state index contributed by atoms with van der Waals surface area (Å²) >= 11 is 0. The maximum absolute atomic E-state index is 13.8. The van der Waals surface area contributed by atoms with Gasteiger partial charge in [-0.25, -0.2) is 0 Å². The van der Waals surface area contributed by atoms with Crippen molar-refractivity contribution < 1.29 is 14.3 Å². The van der Waals surface area contributed by atoms with E-state index in [1.54, 1.807) is 7.11 Å². The van der Waals surface area contributed by atoms with Crippen LogP contribution in [0.25, 0.3) is 21.9 Å². The molecule has 0 aromatic heterocycles. The van der Waals surface area contributed by atoms with Gasteiger partial charge in [0.15, 0.2) is 5.78 Å². The summed E-state index contributed by atoms with van der Waals surface area (Å²) in [4.78, 5) is 16.3. The van der Waals surface area contributed by atoms with Crippen molar-refractivity contribution in [2.45, 2.75) is 12.8 Å². The fraction of sp³-hybridized carbons (Fsp3) is 0.233. The summed E-state index contributed by atoms with van der Waals surface area (Å²) in [5, 5.41) is 1.89. The van der Waals surface area contributed by atoms with Gasteiger partial charge in [0.25, 0.3) is 0 Å². The largest absolute Gasteiger partial charge is 0.497 e. The molecule has 0 radical (unpaired) electrons. The molecule has 1 fully saturated rings. The fourth-order valence-corrected chi connectivity index (χ4v) is 4.68. The van der Waals surface area contributed by atoms with Gasteiger partial charge in [-0.3, -0.25) is 9.69 Å². The van der Waals surface area contributed by atoms with Crippen molar-refractivity contribution in [2.24, 2.45) is 0 Å². The zero-order chi connectivity index (χ0) is 23.3. The molecular formula is C30H29NO3. The summed E-state index contributed by atoms with van der Waals surface area (Å²) in [7, 11) is 1.65. The van der Waals surface area contributed by atoms with Crippen molar-refractivity contribution in [1.82, 2.24) is 4.90 Å². The van der Waals surface area contributed by atoms with E-state index in [9.17, 15) is 4.79 Å². The second-order valence-corrected chi connectivity index (χ2v) is 8.69. The third-order valence-electron chi connectivity index (χ3n) is 6.53. The van der Waals surface area contributed by atoms with Crippen molar-refractivity contribution in [3.8, 4) is 22.6 Å². The van der Waals surface area contributed by atoms with E-state index in [4.69, 9.17) is 9.47 Å². The van der Waals surface area contributed by atoms with Crippen molar-refractivity contribution in [2.75, 3.05) is 33.4 Å². The standard InChI is InChI=1S/C30H29NO3/c1-33-26-14-16-28-24(21-26)11-15-27(22-7-3-2-4-8-22)29(28)30(32)23-9-12-25(13-10-23)34-20-19-31-17-5-6-18-31/h2-4,7-16,21H,5-6,17-20H2,1H3. The fourth-order valence-electron chi connectivity index (χ4n) is 4.68. The molecule has 0 saturated carbocycles. The molecule has 1 aliphatic heterocycles. The van der Waals surface area contributed by atoms with Gasteiger partial charge in [0, 0.05) is 17.7 Å². The summed E-state index contributed by atoms with van der Waals surface area (Å²) in [6, 6.07) is 27.5. The van der Waals surface area contributed by atoms with Gasteiger partial charge >= 0.3 is 0 Å². The Bertz CT molecular complexity index is 1280. The van der Waals surface area contributed by atoms with Crippen LogP contribution in [0.15, 0.2) is 84.9 Å². The number of carbonyl (C=O) groups is 1. The van der Waals surface area contributed by atoms with E-state index in [1.165, 1.54) is 12.8 Å². The van der Waals surface area contributed by atoms with Crippen LogP contribution in [0.2, 0.25) is 0 Å². The van der Waals surface area contributed by atoms with Crippen LogP contribution in [-0.4, -0.2) is 44.0 Å². The molecule has 0 aliphatic carbocycles. The molecule has 5 rings (SSSR count). The molecule has 172 valence electrons. The Hall–Kier alpha value is -3.63. The SMILES string of the molecule is COc1ccc2c(C(=O)c3ccc(OCCN4CCCC4)cc3)c(-c3ccccc3)ccc2c1. The minimum absolute atomic E-state index is 0.00163. The van der Waals surface area contributed by atoms with Gasteiger partial charge in [-0.05, 0) is 90.3 Å². The topological polar surface area (TPSA) is 38.8 Å². The van der Waals surface area contributed by atoms with Gasteiger partial charge in [-0.15, -0.1) is 0 Å². The quantitative estimate of drug-likeness (QED) is 0.298. The van der Waals surface area contributed by atoms with Crippen molar-refractivity contribution in [3.63, 3.8) is 0 Å². The molecule has 34 heavy (non-hydrogen) atoms. The van der Waals surface area contributed by atoms with Gasteiger partial charge in [0.1, 0.15) is 18.1 Å². The van der Waals surface area contributed by atoms with Crippen LogP contribution in [0, 0.1) is 0 Å². The zero-order valence-corrected chi connectivity index (χ0v) is 19.5. The highest BCUT2D eigenvalue weighted by Crippen LogP contribution is 2.34. The smallest absolute Gasteiger partial charge is 0.194 e. The van der Waals surface area contributed by atoms with Crippen molar-refractivity contribution >= 4 is 16.6 Å². The molecule has 0 bridgehead atoms. The molecule has 1 saturated heterocycles. The first-order chi connectivity index (χ1) is 16.7. The number of ether oxygens (including phenoxy) is 2. The van der Waals surface area contributed by atoms with Crippen LogP contribution in [-0.2, 0) is 0 Å². The number of likely N-dealkylation sites (tertiary alicyclic amines) is 1. The Morgan fingerprint density at radius 1 is 0.853 bits per heavy atom. The lowest BCUT2D eigenvalue weighted by Crippen LogP contribution is -2.25. The second kappa shape index (κ2) is 10.1. The molecular weight excluding hydrogens is 422 g/mol. The van der Waals surface area contributed by atoms with Crippen LogP contribution >= 0.6 is 0 Å². The van der Waals surface area contributed by atoms with E-state index in [2.05, 4.69) is 4.90 Å². The van der Waals surface area contributed by atoms with Crippen LogP contribution in [0.5, 0.6) is 11.5 Å². The highest BCUT2D eigenvalue weighted by molar-refractivity contribution is 6.20. The van der Waals surface area contributed by atoms with E-state index in [0.717, 1.165) is 53.0 Å². The number of ketones is 1. The van der Waals surface area contributed by atoms with Gasteiger partial charge in [-0.2, -0.15) is 0 Å². The predicted molar refractivity (Wildman–Crippen MR) is 137 cm³/mol. The minimum atomic E-state index is -0.00163. The summed E-state index contributed by atoms with van der Waals surface area (Å²) < 4.78 is 11.3. The molecule has 0 atom stereocenters. The third-order valence-corrected chi connectivity index (χ3v) is 6.53. The molecule has 1 aliphatic rings. The first-order valence-corrected chi connectivity index (χ1v) is 11.9. The first kappa shape index (κ1) is 22.2. The lowest BCUT2D eigenvalue weighted by molar-refractivity contribution is 0.104. The highest BCUT2D eigenvalue weighted by Gasteiger charge is 2.19. The maximum atomic E-state index is 13.8. The number of nitrogens with zero attached hydrogens (tertiary/aromatic N) is 1. The Morgan fingerprint density at radius 3 is 2.32 bits per heavy atom. The number of methoxy groups -OCH3 is 1. The van der Waals surface area contributed by atoms with Gasteiger partial charge in [0.05, 0.1) is 7.11 Å². The molecule has 4 aromatic rings. The van der Waals surface area contributed by atoms with Crippen LogP contribution in [0.1, 0.15) is 28.8 Å². The number of rotatable bonds is 8. The van der Waals surface area contributed by atoms with Crippen LogP contribution < -0.4 is 9.47 Å². The maximum Gasteiger partial charge on any atom is 0.194 e. The average molecular weight is 452 g/mol. The molecule has 4 nitrogen and oxygen atoms in total. The van der Waals surface area contributed by atoms with Gasteiger partial charge < -0.3 is 9.47 Å². The average Bonchev–Trinajstić information content (AvgIpc) is 3.42. The summed E-state index contributed by atoms with van der Waals surface area (Å²) in [6.45, 7) is 3.94. The molecule has 0 unspecified atom stereocenters. The molecule has 0 amide bonds. The van der Waals surface area contributed by atoms with Crippen LogP contribution in [0.3, 0.4) is 0 Å². The van der Waals surface area contributed by atoms with E-state index in [0.29, 0.717) is 17.7 Å². The van der Waals surface area contributed by atoms with Gasteiger partial charge in [-0.1, -0.05) is 42.5 Å². The second-order valence-electron chi connectivity index (χ2n) is 8.69. The van der Waals surface area contributed by atoms with Crippen molar-refractivity contribution in [1.29, 1.82) is 0 Å². The van der Waals surface area contributed by atoms with Gasteiger partial charge in [0.2, 0.25) is 0 Å². The summed E-state index contributed by atoms with van der Waals surface area (Å²) in [6.07, 6.45) is 2.56. The Kier molecular flexibility index (Phi) is 6.59. The number of fused-ring (bicyclic) bond motifs is 1. The molecule has 4 aromatic carbocycles. The monoisotopic (exact) mass is 451 g/mol. The van der Waals surface area contributed by atoms with E-state index in [-0.39, 0.29) is 5.78 Å². The molecule has 1 heterocycles. The number of hydrogen-bond acceptors (Lipinski definition) is 4. The van der Waals surface area contributed by atoms with E-state index in [1.807, 2.05) is 84.9 Å². The first-order valence-electron chi connectivity index (χ1n) is 11.9. The number of benzene rings is 4. The molecule has 0 spiro atoms. The summed E-state index contributed by atoms with van der Waals surface area (Å²) in [5.74, 6) is 1.56.